The lowest BCUT2D eigenvalue weighted by molar-refractivity contribution is -0.132. The van der Waals surface area contributed by atoms with Gasteiger partial charge < -0.3 is 10.2 Å². The third-order valence-corrected chi connectivity index (χ3v) is 2.00. The molecule has 0 radical (unpaired) electrons. The van der Waals surface area contributed by atoms with Gasteiger partial charge in [0.15, 0.2) is 0 Å². The quantitative estimate of drug-likeness (QED) is 0.492. The molecule has 0 aliphatic rings. The summed E-state index contributed by atoms with van der Waals surface area (Å²) < 4.78 is 0. The molecule has 0 aliphatic heterocycles. The number of hydrogen-bond acceptors (Lipinski definition) is 2. The van der Waals surface area contributed by atoms with E-state index in [1.165, 1.54) is 0 Å². The number of unbranched alkanes of at least 4 members (excludes halogenated alkanes) is 1. The lowest BCUT2D eigenvalue weighted by Crippen LogP contribution is -2.03. The van der Waals surface area contributed by atoms with Gasteiger partial charge in [-0.3, -0.25) is 0 Å². The summed E-state index contributed by atoms with van der Waals surface area (Å²) in [7, 11) is 0. The molecule has 0 rings (SSSR count). The molecule has 13 heavy (non-hydrogen) atoms. The summed E-state index contributed by atoms with van der Waals surface area (Å²) in [6, 6.07) is 0. The Morgan fingerprint density at radius 2 is 2.15 bits per heavy atom. The molecule has 76 valence electrons. The topological polar surface area (TPSA) is 57.5 Å². The first-order valence-corrected chi connectivity index (χ1v) is 4.66. The number of aliphatic hydroxyl groups excluding tert-OH is 1. The number of carboxylic acid groups (broad SMARTS) is 1. The smallest absolute Gasteiger partial charge is 0.330 e. The van der Waals surface area contributed by atoms with Gasteiger partial charge in [0.1, 0.15) is 0 Å². The number of allylic oxidation sites excluding steroid dienone is 1. The van der Waals surface area contributed by atoms with Crippen LogP contribution in [0.25, 0.3) is 0 Å². The highest BCUT2D eigenvalue weighted by molar-refractivity contribution is 5.85. The van der Waals surface area contributed by atoms with Crippen LogP contribution >= 0.6 is 0 Å². The minimum Gasteiger partial charge on any atom is -0.478 e. The first kappa shape index (κ1) is 12.2. The number of hydrogen-bond donors (Lipinski definition) is 2. The molecule has 3 nitrogen and oxygen atoms in total. The van der Waals surface area contributed by atoms with E-state index >= 15 is 0 Å². The number of aliphatic hydroxyl groups is 1. The van der Waals surface area contributed by atoms with Gasteiger partial charge in [-0.25, -0.2) is 4.79 Å². The average Bonchev–Trinajstić information content (AvgIpc) is 2.11. The van der Waals surface area contributed by atoms with E-state index in [4.69, 9.17) is 5.11 Å². The number of rotatable bonds is 6. The molecule has 0 saturated heterocycles. The van der Waals surface area contributed by atoms with Gasteiger partial charge in [0.2, 0.25) is 0 Å². The Morgan fingerprint density at radius 1 is 1.54 bits per heavy atom. The summed E-state index contributed by atoms with van der Waals surface area (Å²) in [5.41, 5.74) is 0.381. The predicted molar refractivity (Wildman–Crippen MR) is 51.5 cm³/mol. The molecule has 0 aromatic carbocycles. The monoisotopic (exact) mass is 186 g/mol. The minimum absolute atomic E-state index is 0.237. The van der Waals surface area contributed by atoms with Gasteiger partial charge in [0.05, 0.1) is 6.10 Å². The summed E-state index contributed by atoms with van der Waals surface area (Å²) in [4.78, 5) is 10.4. The van der Waals surface area contributed by atoms with Crippen molar-refractivity contribution in [3.8, 4) is 0 Å². The van der Waals surface area contributed by atoms with E-state index in [0.29, 0.717) is 5.57 Å². The maximum Gasteiger partial charge on any atom is 0.330 e. The molecule has 3 heteroatoms. The van der Waals surface area contributed by atoms with E-state index in [0.717, 1.165) is 25.7 Å². The molecule has 1 unspecified atom stereocenters. The van der Waals surface area contributed by atoms with Crippen LogP contribution in [0.2, 0.25) is 0 Å². The Labute approximate surface area is 79.1 Å². The van der Waals surface area contributed by atoms with Crippen LogP contribution in [-0.2, 0) is 4.79 Å². The van der Waals surface area contributed by atoms with Crippen LogP contribution in [0.15, 0.2) is 11.6 Å². The second-order valence-corrected chi connectivity index (χ2v) is 3.19. The second-order valence-electron chi connectivity index (χ2n) is 3.19. The standard InChI is InChI=1S/C10H18O3/c1-3-9(11)7-5-4-6-8(2)10(12)13/h6,9,11H,3-5,7H2,1-2H3,(H,12,13). The number of carbonyl (C=O) groups is 1. The maximum absolute atomic E-state index is 10.4. The molecule has 0 bridgehead atoms. The summed E-state index contributed by atoms with van der Waals surface area (Å²) in [5, 5.41) is 17.7. The van der Waals surface area contributed by atoms with Crippen LogP contribution in [-0.4, -0.2) is 22.3 Å². The summed E-state index contributed by atoms with van der Waals surface area (Å²) in [5.74, 6) is -0.865. The molecule has 0 saturated carbocycles. The van der Waals surface area contributed by atoms with Crippen molar-refractivity contribution >= 4 is 5.97 Å². The van der Waals surface area contributed by atoms with Crippen molar-refractivity contribution in [2.45, 2.75) is 45.6 Å². The molecule has 0 spiro atoms. The third kappa shape index (κ3) is 6.34. The highest BCUT2D eigenvalue weighted by Gasteiger charge is 2.00. The van der Waals surface area contributed by atoms with E-state index in [2.05, 4.69) is 0 Å². The number of aliphatic carboxylic acids is 1. The molecular weight excluding hydrogens is 168 g/mol. The summed E-state index contributed by atoms with van der Waals surface area (Å²) in [6.45, 7) is 3.52. The van der Waals surface area contributed by atoms with Crippen molar-refractivity contribution in [1.82, 2.24) is 0 Å². The molecule has 0 aromatic heterocycles. The third-order valence-electron chi connectivity index (χ3n) is 2.00. The Hall–Kier alpha value is -0.830. The van der Waals surface area contributed by atoms with Crippen molar-refractivity contribution < 1.29 is 15.0 Å². The van der Waals surface area contributed by atoms with Crippen molar-refractivity contribution in [1.29, 1.82) is 0 Å². The lowest BCUT2D eigenvalue weighted by atomic mass is 10.1. The molecule has 0 aliphatic carbocycles. The second kappa shape index (κ2) is 6.66. The first-order chi connectivity index (χ1) is 6.07. The van der Waals surface area contributed by atoms with Crippen LogP contribution in [0.4, 0.5) is 0 Å². The van der Waals surface area contributed by atoms with E-state index in [-0.39, 0.29) is 6.10 Å². The fraction of sp³-hybridized carbons (Fsp3) is 0.700. The van der Waals surface area contributed by atoms with Crippen molar-refractivity contribution in [3.63, 3.8) is 0 Å². The fourth-order valence-corrected chi connectivity index (χ4v) is 0.963. The van der Waals surface area contributed by atoms with Crippen LogP contribution in [0.5, 0.6) is 0 Å². The normalized spacial score (nSPS) is 14.2. The Morgan fingerprint density at radius 3 is 2.62 bits per heavy atom. The van der Waals surface area contributed by atoms with E-state index in [1.54, 1.807) is 13.0 Å². The van der Waals surface area contributed by atoms with Gasteiger partial charge in [-0.05, 0) is 32.6 Å². The zero-order valence-corrected chi connectivity index (χ0v) is 8.29. The molecule has 0 heterocycles. The average molecular weight is 186 g/mol. The zero-order valence-electron chi connectivity index (χ0n) is 8.29. The Balaban J connectivity index is 3.55. The maximum atomic E-state index is 10.4. The summed E-state index contributed by atoms with van der Waals surface area (Å²) in [6.07, 6.45) is 4.56. The van der Waals surface area contributed by atoms with Gasteiger partial charge in [-0.1, -0.05) is 13.0 Å². The van der Waals surface area contributed by atoms with Gasteiger partial charge in [0.25, 0.3) is 0 Å². The van der Waals surface area contributed by atoms with Gasteiger partial charge >= 0.3 is 5.97 Å². The van der Waals surface area contributed by atoms with E-state index < -0.39 is 5.97 Å². The van der Waals surface area contributed by atoms with Gasteiger partial charge in [0, 0.05) is 5.57 Å². The molecule has 2 N–H and O–H groups in total. The molecule has 0 amide bonds. The highest BCUT2D eigenvalue weighted by Crippen LogP contribution is 2.06. The van der Waals surface area contributed by atoms with E-state index in [1.807, 2.05) is 6.92 Å². The first-order valence-electron chi connectivity index (χ1n) is 4.66. The highest BCUT2D eigenvalue weighted by atomic mass is 16.4. The van der Waals surface area contributed by atoms with Gasteiger partial charge in [-0.2, -0.15) is 0 Å². The fourth-order valence-electron chi connectivity index (χ4n) is 0.963. The SMILES string of the molecule is CCC(O)CCCC=C(C)C(=O)O. The molecule has 1 atom stereocenters. The van der Waals surface area contributed by atoms with Gasteiger partial charge in [-0.15, -0.1) is 0 Å². The summed E-state index contributed by atoms with van der Waals surface area (Å²) >= 11 is 0. The van der Waals surface area contributed by atoms with Crippen LogP contribution in [0.3, 0.4) is 0 Å². The van der Waals surface area contributed by atoms with Crippen LogP contribution in [0.1, 0.15) is 39.5 Å². The Bertz CT molecular complexity index is 185. The predicted octanol–water partition coefficient (Wildman–Crippen LogP) is 1.96. The molecule has 0 fully saturated rings. The zero-order chi connectivity index (χ0) is 10.3. The Kier molecular flexibility index (Phi) is 6.24. The van der Waals surface area contributed by atoms with Crippen molar-refractivity contribution in [3.05, 3.63) is 11.6 Å². The largest absolute Gasteiger partial charge is 0.478 e. The van der Waals surface area contributed by atoms with Crippen molar-refractivity contribution in [2.75, 3.05) is 0 Å². The van der Waals surface area contributed by atoms with E-state index in [9.17, 15) is 9.90 Å². The molecular formula is C10H18O3. The van der Waals surface area contributed by atoms with Crippen LogP contribution < -0.4 is 0 Å². The molecule has 0 aromatic rings. The minimum atomic E-state index is -0.865. The van der Waals surface area contributed by atoms with Crippen LogP contribution in [0, 0.1) is 0 Å². The lowest BCUT2D eigenvalue weighted by Gasteiger charge is -2.04. The number of carboxylic acids is 1. The van der Waals surface area contributed by atoms with Crippen molar-refractivity contribution in [2.24, 2.45) is 0 Å².